The van der Waals surface area contributed by atoms with E-state index in [-0.39, 0.29) is 17.2 Å². The molecule has 19 heavy (non-hydrogen) atoms. The number of benzene rings is 1. The minimum Gasteiger partial charge on any atom is -0.497 e. The van der Waals surface area contributed by atoms with Crippen LogP contribution in [0.1, 0.15) is 13.8 Å². The molecule has 0 spiro atoms. The third-order valence-electron chi connectivity index (χ3n) is 2.38. The zero-order chi connectivity index (χ0) is 14.7. The molecule has 1 aromatic carbocycles. The van der Waals surface area contributed by atoms with Crippen molar-refractivity contribution in [2.45, 2.75) is 24.3 Å². The fraction of sp³-hybridized carbons (Fsp3) is 0.500. The van der Waals surface area contributed by atoms with Crippen molar-refractivity contribution < 1.29 is 17.9 Å². The Morgan fingerprint density at radius 1 is 1.26 bits per heavy atom. The molecule has 0 aliphatic heterocycles. The third kappa shape index (κ3) is 4.38. The quantitative estimate of drug-likeness (QED) is 0.805. The summed E-state index contributed by atoms with van der Waals surface area (Å²) in [5.41, 5.74) is 5.13. The van der Waals surface area contributed by atoms with Gasteiger partial charge in [-0.05, 0) is 26.0 Å². The first-order valence-electron chi connectivity index (χ1n) is 5.70. The summed E-state index contributed by atoms with van der Waals surface area (Å²) in [4.78, 5) is 0.0556. The molecule has 0 saturated carbocycles. The van der Waals surface area contributed by atoms with Gasteiger partial charge in [0.05, 0.1) is 14.2 Å². The van der Waals surface area contributed by atoms with E-state index >= 15 is 0 Å². The maximum absolute atomic E-state index is 12.2. The SMILES string of the molecule is COc1ccc(S(=O)(=O)NCC(C)(C)N)c(OC)c1. The molecule has 0 amide bonds. The van der Waals surface area contributed by atoms with Gasteiger partial charge >= 0.3 is 0 Å². The van der Waals surface area contributed by atoms with Crippen molar-refractivity contribution in [1.29, 1.82) is 0 Å². The first-order chi connectivity index (χ1) is 8.69. The number of rotatable bonds is 6. The fourth-order valence-corrected chi connectivity index (χ4v) is 2.73. The molecular weight excluding hydrogens is 268 g/mol. The van der Waals surface area contributed by atoms with Crippen molar-refractivity contribution in [3.8, 4) is 11.5 Å². The van der Waals surface area contributed by atoms with E-state index in [1.165, 1.54) is 26.4 Å². The number of methoxy groups -OCH3 is 2. The summed E-state index contributed by atoms with van der Waals surface area (Å²) in [6, 6.07) is 4.51. The van der Waals surface area contributed by atoms with Crippen LogP contribution in [-0.4, -0.2) is 34.7 Å². The topological polar surface area (TPSA) is 90.7 Å². The molecule has 1 rings (SSSR count). The largest absolute Gasteiger partial charge is 0.497 e. The Kier molecular flexibility index (Phi) is 4.78. The van der Waals surface area contributed by atoms with Crippen LogP contribution in [0.5, 0.6) is 11.5 Å². The number of hydrogen-bond donors (Lipinski definition) is 2. The predicted octanol–water partition coefficient (Wildman–Crippen LogP) is 0.719. The van der Waals surface area contributed by atoms with E-state index in [1.807, 2.05) is 0 Å². The number of ether oxygens (including phenoxy) is 2. The standard InChI is InChI=1S/C12H20N2O4S/c1-12(2,13)8-14-19(15,16)11-6-5-9(17-3)7-10(11)18-4/h5-7,14H,8,13H2,1-4H3. The predicted molar refractivity (Wildman–Crippen MR) is 73.0 cm³/mol. The van der Waals surface area contributed by atoms with Crippen molar-refractivity contribution in [2.24, 2.45) is 5.73 Å². The Bertz CT molecular complexity index is 535. The van der Waals surface area contributed by atoms with Crippen molar-refractivity contribution in [2.75, 3.05) is 20.8 Å². The van der Waals surface area contributed by atoms with Crippen LogP contribution in [-0.2, 0) is 10.0 Å². The zero-order valence-electron chi connectivity index (χ0n) is 11.6. The molecule has 0 aliphatic carbocycles. The molecule has 6 nitrogen and oxygen atoms in total. The molecular formula is C12H20N2O4S. The second-order valence-corrected chi connectivity index (χ2v) is 6.57. The molecule has 0 aliphatic rings. The Labute approximate surface area is 113 Å². The molecule has 0 saturated heterocycles. The highest BCUT2D eigenvalue weighted by Gasteiger charge is 2.22. The first-order valence-corrected chi connectivity index (χ1v) is 7.18. The number of hydrogen-bond acceptors (Lipinski definition) is 5. The van der Waals surface area contributed by atoms with E-state index in [0.29, 0.717) is 5.75 Å². The summed E-state index contributed by atoms with van der Waals surface area (Å²) >= 11 is 0. The van der Waals surface area contributed by atoms with Gasteiger partial charge in [-0.25, -0.2) is 13.1 Å². The number of nitrogens with one attached hydrogen (secondary N) is 1. The molecule has 0 unspecified atom stereocenters. The van der Waals surface area contributed by atoms with Gasteiger partial charge in [0.25, 0.3) is 0 Å². The Balaban J connectivity index is 3.07. The van der Waals surface area contributed by atoms with Crippen molar-refractivity contribution >= 4 is 10.0 Å². The summed E-state index contributed by atoms with van der Waals surface area (Å²) in [5.74, 6) is 0.747. The Morgan fingerprint density at radius 3 is 2.37 bits per heavy atom. The Morgan fingerprint density at radius 2 is 1.89 bits per heavy atom. The van der Waals surface area contributed by atoms with E-state index in [1.54, 1.807) is 19.9 Å². The summed E-state index contributed by atoms with van der Waals surface area (Å²) in [7, 11) is -0.770. The number of nitrogens with two attached hydrogens (primary N) is 1. The van der Waals surface area contributed by atoms with Gasteiger partial charge in [-0.15, -0.1) is 0 Å². The van der Waals surface area contributed by atoms with Crippen LogP contribution < -0.4 is 19.9 Å². The molecule has 0 aromatic heterocycles. The summed E-state index contributed by atoms with van der Waals surface area (Å²) in [6.45, 7) is 3.60. The lowest BCUT2D eigenvalue weighted by Gasteiger charge is -2.19. The van der Waals surface area contributed by atoms with Crippen molar-refractivity contribution in [1.82, 2.24) is 4.72 Å². The van der Waals surface area contributed by atoms with Crippen LogP contribution in [0.15, 0.2) is 23.1 Å². The van der Waals surface area contributed by atoms with E-state index in [0.717, 1.165) is 0 Å². The third-order valence-corrected chi connectivity index (χ3v) is 3.82. The molecule has 3 N–H and O–H groups in total. The lowest BCUT2D eigenvalue weighted by atomic mass is 10.1. The highest BCUT2D eigenvalue weighted by Crippen LogP contribution is 2.28. The first kappa shape index (κ1) is 15.7. The smallest absolute Gasteiger partial charge is 0.244 e. The Hall–Kier alpha value is -1.31. The lowest BCUT2D eigenvalue weighted by molar-refractivity contribution is 0.385. The van der Waals surface area contributed by atoms with Gasteiger partial charge < -0.3 is 15.2 Å². The van der Waals surface area contributed by atoms with E-state index < -0.39 is 15.6 Å². The minimum absolute atomic E-state index is 0.0556. The highest BCUT2D eigenvalue weighted by atomic mass is 32.2. The van der Waals surface area contributed by atoms with Crippen LogP contribution >= 0.6 is 0 Å². The van der Waals surface area contributed by atoms with Crippen molar-refractivity contribution in [3.05, 3.63) is 18.2 Å². The molecule has 1 aromatic rings. The van der Waals surface area contributed by atoms with Gasteiger partial charge in [-0.1, -0.05) is 0 Å². The molecule has 0 bridgehead atoms. The monoisotopic (exact) mass is 288 g/mol. The van der Waals surface area contributed by atoms with Gasteiger partial charge in [0, 0.05) is 18.2 Å². The van der Waals surface area contributed by atoms with Gasteiger partial charge in [0.15, 0.2) is 0 Å². The van der Waals surface area contributed by atoms with Gasteiger partial charge in [0.2, 0.25) is 10.0 Å². The van der Waals surface area contributed by atoms with Gasteiger partial charge in [0.1, 0.15) is 16.4 Å². The second kappa shape index (κ2) is 5.77. The van der Waals surface area contributed by atoms with Crippen LogP contribution in [0.2, 0.25) is 0 Å². The average Bonchev–Trinajstić information content (AvgIpc) is 2.35. The van der Waals surface area contributed by atoms with Gasteiger partial charge in [-0.3, -0.25) is 0 Å². The fourth-order valence-electron chi connectivity index (χ4n) is 1.36. The van der Waals surface area contributed by atoms with E-state index in [4.69, 9.17) is 15.2 Å². The minimum atomic E-state index is -3.67. The van der Waals surface area contributed by atoms with Crippen LogP contribution in [0.4, 0.5) is 0 Å². The molecule has 0 radical (unpaired) electrons. The summed E-state index contributed by atoms with van der Waals surface area (Å²) in [6.07, 6.45) is 0. The van der Waals surface area contributed by atoms with Crippen LogP contribution in [0.3, 0.4) is 0 Å². The molecule has 108 valence electrons. The van der Waals surface area contributed by atoms with Crippen molar-refractivity contribution in [3.63, 3.8) is 0 Å². The molecule has 0 heterocycles. The average molecular weight is 288 g/mol. The summed E-state index contributed by atoms with van der Waals surface area (Å²) in [5, 5.41) is 0. The van der Waals surface area contributed by atoms with E-state index in [2.05, 4.69) is 4.72 Å². The molecule has 0 atom stereocenters. The number of sulfonamides is 1. The van der Waals surface area contributed by atoms with Crippen LogP contribution in [0, 0.1) is 0 Å². The highest BCUT2D eigenvalue weighted by molar-refractivity contribution is 7.89. The van der Waals surface area contributed by atoms with E-state index in [9.17, 15) is 8.42 Å². The lowest BCUT2D eigenvalue weighted by Crippen LogP contribution is -2.45. The molecule has 0 fully saturated rings. The second-order valence-electron chi connectivity index (χ2n) is 4.83. The van der Waals surface area contributed by atoms with Gasteiger partial charge in [-0.2, -0.15) is 0 Å². The maximum atomic E-state index is 12.2. The maximum Gasteiger partial charge on any atom is 0.244 e. The normalized spacial score (nSPS) is 12.3. The molecule has 7 heteroatoms. The summed E-state index contributed by atoms with van der Waals surface area (Å²) < 4.78 is 36.9. The zero-order valence-corrected chi connectivity index (χ0v) is 12.4. The van der Waals surface area contributed by atoms with Crippen LogP contribution in [0.25, 0.3) is 0 Å².